The van der Waals surface area contributed by atoms with Crippen molar-refractivity contribution >= 4 is 46.6 Å². The summed E-state index contributed by atoms with van der Waals surface area (Å²) in [4.78, 5) is 75.0. The van der Waals surface area contributed by atoms with Gasteiger partial charge in [-0.3, -0.25) is 28.8 Å². The Labute approximate surface area is 233 Å². The van der Waals surface area contributed by atoms with E-state index in [-0.39, 0.29) is 35.5 Å². The summed E-state index contributed by atoms with van der Waals surface area (Å²) in [7, 11) is 0. The van der Waals surface area contributed by atoms with Crippen LogP contribution in [0.2, 0.25) is 0 Å². The van der Waals surface area contributed by atoms with E-state index in [1.807, 2.05) is 0 Å². The lowest BCUT2D eigenvalue weighted by Gasteiger charge is -2.32. The van der Waals surface area contributed by atoms with Crippen LogP contribution in [-0.4, -0.2) is 55.6 Å². The van der Waals surface area contributed by atoms with Gasteiger partial charge >= 0.3 is 0 Å². The summed E-state index contributed by atoms with van der Waals surface area (Å²) < 4.78 is 4.91. The van der Waals surface area contributed by atoms with Crippen LogP contribution < -0.4 is 27.2 Å². The van der Waals surface area contributed by atoms with E-state index in [1.165, 1.54) is 29.3 Å². The van der Waals surface area contributed by atoms with Gasteiger partial charge in [0.2, 0.25) is 17.6 Å². The number of nitrogens with two attached hydrogens (primary N) is 1. The molecule has 13 nitrogen and oxygen atoms in total. The molecule has 4 amide bonds. The third-order valence-electron chi connectivity index (χ3n) is 8.39. The minimum atomic E-state index is -1.28. The second-order valence-electron chi connectivity index (χ2n) is 11.0. The van der Waals surface area contributed by atoms with Crippen LogP contribution in [0, 0.1) is 30.6 Å². The number of aromatic nitrogens is 3. The van der Waals surface area contributed by atoms with E-state index in [1.54, 1.807) is 6.92 Å². The lowest BCUT2D eigenvalue weighted by Crippen LogP contribution is -2.46. The predicted molar refractivity (Wildman–Crippen MR) is 143 cm³/mol. The normalized spacial score (nSPS) is 24.9. The van der Waals surface area contributed by atoms with Crippen molar-refractivity contribution in [2.45, 2.75) is 64.1 Å². The number of nitrogens with one attached hydrogen (secondary N) is 3. The highest BCUT2D eigenvalue weighted by atomic mass is 32.1. The minimum Gasteiger partial charge on any atom is -0.363 e. The van der Waals surface area contributed by atoms with Crippen LogP contribution >= 0.6 is 11.5 Å². The molecule has 0 aromatic carbocycles. The molecular weight excluding hydrogens is 538 g/mol. The van der Waals surface area contributed by atoms with Gasteiger partial charge in [-0.2, -0.15) is 0 Å². The largest absolute Gasteiger partial charge is 0.363 e. The SMILES string of the molecule is Cc1nnsc1C(=O)N[C@@H](CCC(=O)C(N)=O)C(=O)Nc1cccn(CC(=O)NC2C3CC4CC(C3)C2C4)c1=O. The summed E-state index contributed by atoms with van der Waals surface area (Å²) in [5.74, 6) is -1.23. The number of aryl methyl sites for hydroxylation is 1. The van der Waals surface area contributed by atoms with Gasteiger partial charge in [0, 0.05) is 18.7 Å². The van der Waals surface area contributed by atoms with Crippen molar-refractivity contribution in [2.24, 2.45) is 29.4 Å². The molecule has 2 aromatic heterocycles. The van der Waals surface area contributed by atoms with Gasteiger partial charge in [0.15, 0.2) is 0 Å². The van der Waals surface area contributed by atoms with Crippen LogP contribution in [0.15, 0.2) is 23.1 Å². The highest BCUT2D eigenvalue weighted by molar-refractivity contribution is 7.08. The molecule has 6 rings (SSSR count). The Morgan fingerprint density at radius 2 is 1.93 bits per heavy atom. The maximum Gasteiger partial charge on any atom is 0.284 e. The van der Waals surface area contributed by atoms with Gasteiger partial charge in [0.25, 0.3) is 17.4 Å². The fraction of sp³-hybridized carbons (Fsp3) is 0.538. The van der Waals surface area contributed by atoms with Gasteiger partial charge in [-0.15, -0.1) is 5.10 Å². The average molecular weight is 570 g/mol. The summed E-state index contributed by atoms with van der Waals surface area (Å²) in [6.45, 7) is 1.38. The summed E-state index contributed by atoms with van der Waals surface area (Å²) in [6, 6.07) is 1.79. The number of primary amides is 1. The minimum absolute atomic E-state index is 0.102. The zero-order valence-electron chi connectivity index (χ0n) is 21.9. The number of ketones is 1. The third-order valence-corrected chi connectivity index (χ3v) is 9.22. The molecule has 4 bridgehead atoms. The Morgan fingerprint density at radius 1 is 1.15 bits per heavy atom. The van der Waals surface area contributed by atoms with Crippen LogP contribution in [0.3, 0.4) is 0 Å². The highest BCUT2D eigenvalue weighted by Crippen LogP contribution is 2.58. The first-order valence-electron chi connectivity index (χ1n) is 13.3. The zero-order valence-corrected chi connectivity index (χ0v) is 22.7. The standard InChI is InChI=1S/C26H31N7O6S/c1-12-22(40-32-31-12)25(38)28-17(4-5-19(34)23(27)36)24(37)29-18-3-2-6-33(26(18)39)11-20(35)30-21-15-8-13-7-14(10-15)16(21)9-13/h2-3,6,13-17,21H,4-5,7-11H2,1H3,(H2,27,36)(H,28,38)(H,29,37)(H,30,35)/t13?,14?,15?,16?,17-,21?/m0/s1. The summed E-state index contributed by atoms with van der Waals surface area (Å²) in [5, 5.41) is 11.9. The molecule has 0 spiro atoms. The first kappa shape index (κ1) is 27.6. The number of nitrogens with zero attached hydrogens (tertiary/aromatic N) is 3. The fourth-order valence-electron chi connectivity index (χ4n) is 6.65. The van der Waals surface area contributed by atoms with Gasteiger partial charge in [-0.25, -0.2) is 0 Å². The molecule has 2 heterocycles. The quantitative estimate of drug-likeness (QED) is 0.274. The first-order chi connectivity index (χ1) is 19.1. The van der Waals surface area contributed by atoms with Crippen LogP contribution in [0.25, 0.3) is 0 Å². The number of carbonyl (C=O) groups is 5. The zero-order chi connectivity index (χ0) is 28.6. The lowest BCUT2D eigenvalue weighted by molar-refractivity contribution is -0.136. The van der Waals surface area contributed by atoms with E-state index in [4.69, 9.17) is 5.73 Å². The smallest absolute Gasteiger partial charge is 0.284 e. The molecule has 5 N–H and O–H groups in total. The number of rotatable bonds is 11. The number of amides is 4. The molecule has 0 saturated heterocycles. The Morgan fingerprint density at radius 3 is 2.62 bits per heavy atom. The molecular formula is C26H31N7O6S. The average Bonchev–Trinajstić information content (AvgIpc) is 3.54. The molecule has 4 aliphatic rings. The summed E-state index contributed by atoms with van der Waals surface area (Å²) in [5.41, 5.74) is 4.67. The van der Waals surface area contributed by atoms with E-state index < -0.39 is 41.5 Å². The molecule has 5 unspecified atom stereocenters. The molecule has 2 aromatic rings. The number of hydrogen-bond donors (Lipinski definition) is 4. The van der Waals surface area contributed by atoms with Crippen molar-refractivity contribution in [1.82, 2.24) is 24.8 Å². The number of hydrogen-bond acceptors (Lipinski definition) is 9. The van der Waals surface area contributed by atoms with Crippen LogP contribution in [0.4, 0.5) is 5.69 Å². The molecule has 14 heteroatoms. The van der Waals surface area contributed by atoms with Gasteiger partial charge in [0.05, 0.1) is 5.69 Å². The third kappa shape index (κ3) is 5.67. The molecule has 212 valence electrons. The molecule has 4 aliphatic carbocycles. The van der Waals surface area contributed by atoms with Crippen LogP contribution in [0.1, 0.15) is 53.9 Å². The van der Waals surface area contributed by atoms with Crippen LogP contribution in [0.5, 0.6) is 0 Å². The fourth-order valence-corrected chi connectivity index (χ4v) is 7.21. The Bertz CT molecular complexity index is 1420. The molecule has 4 saturated carbocycles. The monoisotopic (exact) mass is 569 g/mol. The van der Waals surface area contributed by atoms with Crippen molar-refractivity contribution in [3.8, 4) is 0 Å². The van der Waals surface area contributed by atoms with Gasteiger partial charge in [0.1, 0.15) is 23.2 Å². The van der Waals surface area contributed by atoms with E-state index in [0.29, 0.717) is 23.4 Å². The Kier molecular flexibility index (Phi) is 7.79. The molecule has 0 radical (unpaired) electrons. The number of carbonyl (C=O) groups excluding carboxylic acids is 5. The maximum atomic E-state index is 13.1. The van der Waals surface area contributed by atoms with Crippen LogP contribution in [-0.2, 0) is 25.7 Å². The highest BCUT2D eigenvalue weighted by Gasteiger charge is 2.54. The van der Waals surface area contributed by atoms with Crippen molar-refractivity contribution in [2.75, 3.05) is 5.32 Å². The van der Waals surface area contributed by atoms with Crippen molar-refractivity contribution < 1.29 is 24.0 Å². The first-order valence-corrected chi connectivity index (χ1v) is 14.1. The van der Waals surface area contributed by atoms with Gasteiger partial charge in [-0.05, 0) is 86.4 Å². The van der Waals surface area contributed by atoms with E-state index in [2.05, 4.69) is 25.5 Å². The van der Waals surface area contributed by atoms with Crippen molar-refractivity contribution in [3.63, 3.8) is 0 Å². The van der Waals surface area contributed by atoms with E-state index in [0.717, 1.165) is 36.7 Å². The number of Topliss-reactive ketones (excluding diaryl/α,β-unsaturated/α-hetero) is 1. The maximum absolute atomic E-state index is 13.1. The summed E-state index contributed by atoms with van der Waals surface area (Å²) >= 11 is 0.836. The molecule has 40 heavy (non-hydrogen) atoms. The van der Waals surface area contributed by atoms with E-state index in [9.17, 15) is 28.8 Å². The van der Waals surface area contributed by atoms with Crippen molar-refractivity contribution in [1.29, 1.82) is 0 Å². The Hall–Kier alpha value is -3.94. The number of anilines is 1. The number of pyridine rings is 1. The van der Waals surface area contributed by atoms with Crippen molar-refractivity contribution in [3.05, 3.63) is 39.3 Å². The van der Waals surface area contributed by atoms with Gasteiger partial charge < -0.3 is 26.3 Å². The predicted octanol–water partition coefficient (Wildman–Crippen LogP) is 0.131. The molecule has 4 fully saturated rings. The second-order valence-corrected chi connectivity index (χ2v) is 11.7. The molecule has 0 aliphatic heterocycles. The molecule has 6 atom stereocenters. The Balaban J connectivity index is 1.25. The van der Waals surface area contributed by atoms with E-state index >= 15 is 0 Å². The topological polar surface area (TPSA) is 195 Å². The summed E-state index contributed by atoms with van der Waals surface area (Å²) in [6.07, 6.45) is 5.57. The lowest BCUT2D eigenvalue weighted by atomic mass is 9.79. The second kappa shape index (κ2) is 11.3. The van der Waals surface area contributed by atoms with Gasteiger partial charge in [-0.1, -0.05) is 4.49 Å².